The summed E-state index contributed by atoms with van der Waals surface area (Å²) in [5, 5.41) is 9.74. The fraction of sp³-hybridized carbons (Fsp3) is 0. The minimum Gasteiger partial charge on any atom is -0.504 e. The smallest absolute Gasteiger partial charge is 0.504 e. The lowest BCUT2D eigenvalue weighted by atomic mass is 10.1. The van der Waals surface area contributed by atoms with E-state index in [9.17, 15) is 19.0 Å². The molecule has 0 bridgehead atoms. The van der Waals surface area contributed by atoms with E-state index >= 15 is 0 Å². The van der Waals surface area contributed by atoms with E-state index < -0.39 is 43.7 Å². The van der Waals surface area contributed by atoms with E-state index in [4.69, 9.17) is 24.0 Å². The second-order valence-electron chi connectivity index (χ2n) is 5.43. The Hall–Kier alpha value is -2.65. The molecule has 28 heavy (non-hydrogen) atoms. The van der Waals surface area contributed by atoms with Crippen molar-refractivity contribution in [3.63, 3.8) is 0 Å². The molecule has 0 unspecified atom stereocenters. The molecular formula is C15H12O11P2. The van der Waals surface area contributed by atoms with Crippen LogP contribution < -0.4 is 14.5 Å². The van der Waals surface area contributed by atoms with Gasteiger partial charge in [0, 0.05) is 17.7 Å². The maximum atomic E-state index is 12.4. The number of rotatable bonds is 5. The molecule has 3 aromatic rings. The SMILES string of the molecule is O=c1cc(-c2ccccc2)oc2cc(OP(=O)(O)O)c(OP(=O)(O)O)c(O)c12. The molecule has 0 aliphatic carbocycles. The summed E-state index contributed by atoms with van der Waals surface area (Å²) in [5.74, 6) is -3.10. The summed E-state index contributed by atoms with van der Waals surface area (Å²) in [4.78, 5) is 48.4. The van der Waals surface area contributed by atoms with E-state index in [0.717, 1.165) is 12.1 Å². The van der Waals surface area contributed by atoms with Crippen LogP contribution in [0.15, 0.2) is 51.7 Å². The Balaban J connectivity index is 2.32. The van der Waals surface area contributed by atoms with Crippen LogP contribution in [-0.2, 0) is 9.13 Å². The molecule has 0 fully saturated rings. The number of hydrogen-bond acceptors (Lipinski definition) is 7. The number of phenols is 1. The van der Waals surface area contributed by atoms with Crippen molar-refractivity contribution >= 4 is 26.6 Å². The van der Waals surface area contributed by atoms with Gasteiger partial charge < -0.3 is 18.6 Å². The molecule has 2 aromatic carbocycles. The van der Waals surface area contributed by atoms with Gasteiger partial charge in [-0.15, -0.1) is 0 Å². The molecule has 0 saturated heterocycles. The van der Waals surface area contributed by atoms with Gasteiger partial charge in [-0.2, -0.15) is 0 Å². The first kappa shape index (κ1) is 20.1. The van der Waals surface area contributed by atoms with Gasteiger partial charge in [-0.3, -0.25) is 24.4 Å². The molecule has 13 heteroatoms. The average Bonchev–Trinajstić information content (AvgIpc) is 2.56. The minimum atomic E-state index is -5.28. The third-order valence-corrected chi connectivity index (χ3v) is 4.25. The molecule has 0 amide bonds. The van der Waals surface area contributed by atoms with E-state index in [0.29, 0.717) is 5.56 Å². The van der Waals surface area contributed by atoms with Gasteiger partial charge in [-0.05, 0) is 0 Å². The van der Waals surface area contributed by atoms with E-state index in [-0.39, 0.29) is 11.3 Å². The zero-order chi connectivity index (χ0) is 20.7. The van der Waals surface area contributed by atoms with Crippen LogP contribution in [-0.4, -0.2) is 24.7 Å². The second kappa shape index (κ2) is 7.06. The lowest BCUT2D eigenvalue weighted by Crippen LogP contribution is -2.04. The molecule has 1 heterocycles. The first-order chi connectivity index (χ1) is 12.9. The van der Waals surface area contributed by atoms with Gasteiger partial charge in [0.1, 0.15) is 16.7 Å². The van der Waals surface area contributed by atoms with E-state index in [1.165, 1.54) is 0 Å². The molecule has 3 rings (SSSR count). The standard InChI is InChI=1S/C15H12O11P2/c16-9-6-10(8-4-2-1-3-5-8)24-11-7-12(25-27(18,19)20)15(14(17)13(9)11)26-28(21,22)23/h1-7,17H,(H2,18,19,20)(H2,21,22,23). The molecule has 0 radical (unpaired) electrons. The van der Waals surface area contributed by atoms with Crippen molar-refractivity contribution in [1.82, 2.24) is 0 Å². The number of benzene rings is 2. The molecule has 0 aliphatic heterocycles. The maximum Gasteiger partial charge on any atom is 0.525 e. The predicted molar refractivity (Wildman–Crippen MR) is 94.9 cm³/mol. The van der Waals surface area contributed by atoms with Gasteiger partial charge in [0.25, 0.3) is 0 Å². The topological polar surface area (TPSA) is 184 Å². The summed E-state index contributed by atoms with van der Waals surface area (Å²) in [6, 6.07) is 10.1. The molecule has 11 nitrogen and oxygen atoms in total. The summed E-state index contributed by atoms with van der Waals surface area (Å²) in [7, 11) is -10.5. The molecular weight excluding hydrogens is 418 g/mol. The van der Waals surface area contributed by atoms with Crippen LogP contribution in [0.3, 0.4) is 0 Å². The highest BCUT2D eigenvalue weighted by Crippen LogP contribution is 2.53. The lowest BCUT2D eigenvalue weighted by molar-refractivity contribution is 0.260. The van der Waals surface area contributed by atoms with Gasteiger partial charge in [0.05, 0.1) is 0 Å². The summed E-state index contributed by atoms with van der Waals surface area (Å²) in [5.41, 5.74) is -0.657. The highest BCUT2D eigenvalue weighted by atomic mass is 31.2. The molecule has 1 aromatic heterocycles. The van der Waals surface area contributed by atoms with Crippen LogP contribution >= 0.6 is 15.6 Å². The van der Waals surface area contributed by atoms with Crippen molar-refractivity contribution in [2.45, 2.75) is 0 Å². The Labute approximate surface area is 155 Å². The van der Waals surface area contributed by atoms with Crippen molar-refractivity contribution in [3.05, 3.63) is 52.7 Å². The van der Waals surface area contributed by atoms with Crippen molar-refractivity contribution in [2.24, 2.45) is 0 Å². The number of hydrogen-bond donors (Lipinski definition) is 5. The summed E-state index contributed by atoms with van der Waals surface area (Å²) < 4.78 is 36.4. The molecule has 0 spiro atoms. The number of phosphoric ester groups is 2. The number of phosphoric acid groups is 2. The van der Waals surface area contributed by atoms with Gasteiger partial charge >= 0.3 is 15.6 Å². The second-order valence-corrected chi connectivity index (χ2v) is 7.76. The van der Waals surface area contributed by atoms with Gasteiger partial charge in [-0.1, -0.05) is 30.3 Å². The van der Waals surface area contributed by atoms with Crippen LogP contribution in [0.2, 0.25) is 0 Å². The third kappa shape index (κ3) is 4.42. The summed E-state index contributed by atoms with van der Waals surface area (Å²) in [6.07, 6.45) is 0. The van der Waals surface area contributed by atoms with Gasteiger partial charge in [0.2, 0.25) is 5.75 Å². The van der Waals surface area contributed by atoms with Gasteiger partial charge in [-0.25, -0.2) is 9.13 Å². The van der Waals surface area contributed by atoms with Crippen LogP contribution in [0.1, 0.15) is 0 Å². The summed E-state index contributed by atoms with van der Waals surface area (Å²) >= 11 is 0. The van der Waals surface area contributed by atoms with E-state index in [1.807, 2.05) is 0 Å². The first-order valence-corrected chi connectivity index (χ1v) is 10.4. The number of aromatic hydroxyl groups is 1. The highest BCUT2D eigenvalue weighted by Gasteiger charge is 2.30. The zero-order valence-electron chi connectivity index (χ0n) is 13.6. The van der Waals surface area contributed by atoms with Crippen LogP contribution in [0.4, 0.5) is 0 Å². The zero-order valence-corrected chi connectivity index (χ0v) is 15.4. The molecule has 148 valence electrons. The first-order valence-electron chi connectivity index (χ1n) is 7.34. The minimum absolute atomic E-state index is 0.0725. The van der Waals surface area contributed by atoms with Crippen LogP contribution in [0.5, 0.6) is 17.2 Å². The fourth-order valence-electron chi connectivity index (χ4n) is 2.41. The monoisotopic (exact) mass is 430 g/mol. The maximum absolute atomic E-state index is 12.4. The molecule has 5 N–H and O–H groups in total. The number of phenolic OH excluding ortho intramolecular Hbond substituents is 1. The average molecular weight is 430 g/mol. The predicted octanol–water partition coefficient (Wildman–Crippen LogP) is 2.11. The normalized spacial score (nSPS) is 12.1. The molecule has 0 saturated carbocycles. The third-order valence-electron chi connectivity index (χ3n) is 3.40. The fourth-order valence-corrected chi connectivity index (χ4v) is 3.22. The van der Waals surface area contributed by atoms with Crippen LogP contribution in [0.25, 0.3) is 22.3 Å². The molecule has 0 aliphatic rings. The van der Waals surface area contributed by atoms with E-state index in [2.05, 4.69) is 9.05 Å². The van der Waals surface area contributed by atoms with Gasteiger partial charge in [0.15, 0.2) is 16.9 Å². The van der Waals surface area contributed by atoms with E-state index in [1.54, 1.807) is 30.3 Å². The Morgan fingerprint density at radius 2 is 1.50 bits per heavy atom. The van der Waals surface area contributed by atoms with Crippen molar-refractivity contribution in [1.29, 1.82) is 0 Å². The van der Waals surface area contributed by atoms with Crippen LogP contribution in [0, 0.1) is 0 Å². The quantitative estimate of drug-likeness (QED) is 0.374. The number of fused-ring (bicyclic) bond motifs is 1. The van der Waals surface area contributed by atoms with Crippen molar-refractivity contribution in [3.8, 4) is 28.6 Å². The highest BCUT2D eigenvalue weighted by molar-refractivity contribution is 7.47. The Bertz CT molecular complexity index is 1190. The summed E-state index contributed by atoms with van der Waals surface area (Å²) in [6.45, 7) is 0. The Morgan fingerprint density at radius 3 is 2.07 bits per heavy atom. The Morgan fingerprint density at radius 1 is 0.893 bits per heavy atom. The molecule has 0 atom stereocenters. The largest absolute Gasteiger partial charge is 0.525 e. The van der Waals surface area contributed by atoms with Crippen molar-refractivity contribution in [2.75, 3.05) is 0 Å². The lowest BCUT2D eigenvalue weighted by Gasteiger charge is -2.16. The Kier molecular flexibility index (Phi) is 5.07. The van der Waals surface area contributed by atoms with Crippen molar-refractivity contribution < 1.29 is 47.3 Å².